The van der Waals surface area contributed by atoms with Crippen molar-refractivity contribution in [3.63, 3.8) is 0 Å². The number of cyclic esters (lactones) is 1. The summed E-state index contributed by atoms with van der Waals surface area (Å²) in [5, 5.41) is 7.18. The number of hydrogen-bond acceptors (Lipinski definition) is 7. The summed E-state index contributed by atoms with van der Waals surface area (Å²) in [6.07, 6.45) is 2.06. The summed E-state index contributed by atoms with van der Waals surface area (Å²) >= 11 is 0. The third kappa shape index (κ3) is 3.57. The number of nitrogens with zero attached hydrogens (tertiary/aromatic N) is 4. The van der Waals surface area contributed by atoms with Gasteiger partial charge in [0, 0.05) is 12.3 Å². The first-order valence-electron chi connectivity index (χ1n) is 8.50. The van der Waals surface area contributed by atoms with Crippen LogP contribution in [0.2, 0.25) is 0 Å². The van der Waals surface area contributed by atoms with Gasteiger partial charge >= 0.3 is 6.09 Å². The van der Waals surface area contributed by atoms with Crippen LogP contribution in [0.4, 0.5) is 16.6 Å². The molecular formula is C17H23N5O3. The molecule has 2 atom stereocenters. The van der Waals surface area contributed by atoms with Gasteiger partial charge < -0.3 is 14.6 Å². The van der Waals surface area contributed by atoms with E-state index in [4.69, 9.17) is 9.26 Å². The molecule has 1 unspecified atom stereocenters. The molecule has 0 saturated carbocycles. The van der Waals surface area contributed by atoms with Crippen LogP contribution in [0.1, 0.15) is 45.2 Å². The molecule has 1 fully saturated rings. The molecule has 2 aromatic rings. The van der Waals surface area contributed by atoms with E-state index >= 15 is 0 Å². The van der Waals surface area contributed by atoms with Crippen LogP contribution in [-0.2, 0) is 11.2 Å². The number of carbonyl (C=O) groups is 1. The van der Waals surface area contributed by atoms with Gasteiger partial charge in [0.25, 0.3) is 0 Å². The summed E-state index contributed by atoms with van der Waals surface area (Å²) in [6, 6.07) is 3.44. The van der Waals surface area contributed by atoms with Gasteiger partial charge in [0.15, 0.2) is 5.76 Å². The smallest absolute Gasteiger partial charge is 0.415 e. The zero-order valence-electron chi connectivity index (χ0n) is 14.9. The first-order chi connectivity index (χ1) is 12.0. The van der Waals surface area contributed by atoms with Gasteiger partial charge in [0.1, 0.15) is 12.4 Å². The molecule has 0 aliphatic carbocycles. The highest BCUT2D eigenvalue weighted by Crippen LogP contribution is 2.26. The van der Waals surface area contributed by atoms with Gasteiger partial charge in [-0.2, -0.15) is 4.98 Å². The topological polar surface area (TPSA) is 93.4 Å². The van der Waals surface area contributed by atoms with Crippen molar-refractivity contribution in [2.75, 3.05) is 16.8 Å². The molecule has 25 heavy (non-hydrogen) atoms. The number of anilines is 2. The summed E-state index contributed by atoms with van der Waals surface area (Å²) in [4.78, 5) is 22.4. The molecule has 8 heteroatoms. The van der Waals surface area contributed by atoms with Crippen molar-refractivity contribution in [1.82, 2.24) is 15.1 Å². The fourth-order valence-electron chi connectivity index (χ4n) is 2.71. The van der Waals surface area contributed by atoms with Gasteiger partial charge in [0.2, 0.25) is 5.95 Å². The van der Waals surface area contributed by atoms with Crippen molar-refractivity contribution < 1.29 is 14.1 Å². The molecule has 3 heterocycles. The highest BCUT2D eigenvalue weighted by Gasteiger charge is 2.37. The van der Waals surface area contributed by atoms with Crippen LogP contribution in [0.5, 0.6) is 0 Å². The Kier molecular flexibility index (Phi) is 4.87. The number of carbonyl (C=O) groups excluding carboxylic acids is 1. The maximum atomic E-state index is 12.1. The number of hydrogen-bond donors (Lipinski definition) is 1. The van der Waals surface area contributed by atoms with Crippen LogP contribution in [0.3, 0.4) is 0 Å². The summed E-state index contributed by atoms with van der Waals surface area (Å²) in [6.45, 7) is 8.44. The van der Waals surface area contributed by atoms with Crippen molar-refractivity contribution in [1.29, 1.82) is 0 Å². The van der Waals surface area contributed by atoms with E-state index in [1.54, 1.807) is 17.2 Å². The van der Waals surface area contributed by atoms with Crippen molar-refractivity contribution in [3.05, 3.63) is 29.8 Å². The first-order valence-corrected chi connectivity index (χ1v) is 8.50. The summed E-state index contributed by atoms with van der Waals surface area (Å²) in [5.41, 5.74) is 0.901. The van der Waals surface area contributed by atoms with Gasteiger partial charge in [-0.15, -0.1) is 0 Å². The van der Waals surface area contributed by atoms with Crippen LogP contribution in [-0.4, -0.2) is 33.9 Å². The van der Waals surface area contributed by atoms with Crippen molar-refractivity contribution in [3.8, 4) is 0 Å². The zero-order valence-corrected chi connectivity index (χ0v) is 14.9. The lowest BCUT2D eigenvalue weighted by Gasteiger charge is -2.23. The Bertz CT molecular complexity index is 745. The molecule has 0 aromatic carbocycles. The summed E-state index contributed by atoms with van der Waals surface area (Å²) < 4.78 is 10.5. The molecule has 134 valence electrons. The van der Waals surface area contributed by atoms with Gasteiger partial charge in [0.05, 0.1) is 17.8 Å². The quantitative estimate of drug-likeness (QED) is 0.859. The Morgan fingerprint density at radius 1 is 1.40 bits per heavy atom. The third-order valence-corrected chi connectivity index (χ3v) is 4.27. The van der Waals surface area contributed by atoms with Gasteiger partial charge in [-0.1, -0.05) is 25.9 Å². The molecule has 1 N–H and O–H groups in total. The zero-order chi connectivity index (χ0) is 18.0. The van der Waals surface area contributed by atoms with Crippen molar-refractivity contribution in [2.45, 2.75) is 46.2 Å². The van der Waals surface area contributed by atoms with E-state index in [0.29, 0.717) is 24.1 Å². The molecule has 0 radical (unpaired) electrons. The number of nitrogens with one attached hydrogen (secondary N) is 1. The lowest BCUT2D eigenvalue weighted by atomic mass is 10.0. The molecule has 2 aromatic heterocycles. The van der Waals surface area contributed by atoms with Crippen LogP contribution in [0.25, 0.3) is 0 Å². The molecule has 3 rings (SSSR count). The number of ether oxygens (including phenoxy) is 1. The van der Waals surface area contributed by atoms with Crippen LogP contribution in [0, 0.1) is 5.92 Å². The minimum absolute atomic E-state index is 0.0333. The fourth-order valence-corrected chi connectivity index (χ4v) is 2.71. The van der Waals surface area contributed by atoms with E-state index in [0.717, 1.165) is 12.1 Å². The largest absolute Gasteiger partial charge is 0.447 e. The van der Waals surface area contributed by atoms with Crippen LogP contribution >= 0.6 is 0 Å². The Morgan fingerprint density at radius 3 is 2.88 bits per heavy atom. The minimum atomic E-state index is -0.376. The predicted octanol–water partition coefficient (Wildman–Crippen LogP) is 3.18. The molecule has 1 aliphatic heterocycles. The Balaban J connectivity index is 1.78. The average Bonchev–Trinajstić information content (AvgIpc) is 3.21. The average molecular weight is 345 g/mol. The van der Waals surface area contributed by atoms with E-state index < -0.39 is 0 Å². The molecule has 8 nitrogen and oxygen atoms in total. The minimum Gasteiger partial charge on any atom is -0.447 e. The fraction of sp³-hybridized carbons (Fsp3) is 0.529. The molecule has 1 aliphatic rings. The van der Waals surface area contributed by atoms with E-state index in [1.807, 2.05) is 19.9 Å². The molecule has 1 saturated heterocycles. The van der Waals surface area contributed by atoms with E-state index in [2.05, 4.69) is 34.3 Å². The molecule has 0 bridgehead atoms. The Morgan fingerprint density at radius 2 is 2.20 bits per heavy atom. The second-order valence-corrected chi connectivity index (χ2v) is 6.44. The van der Waals surface area contributed by atoms with Gasteiger partial charge in [-0.25, -0.2) is 9.78 Å². The Labute approximate surface area is 146 Å². The maximum absolute atomic E-state index is 12.1. The monoisotopic (exact) mass is 345 g/mol. The van der Waals surface area contributed by atoms with Gasteiger partial charge in [-0.3, -0.25) is 4.90 Å². The van der Waals surface area contributed by atoms with E-state index in [9.17, 15) is 4.79 Å². The summed E-state index contributed by atoms with van der Waals surface area (Å²) in [7, 11) is 0. The van der Waals surface area contributed by atoms with E-state index in [-0.39, 0.29) is 24.1 Å². The number of aryl methyl sites for hydroxylation is 1. The van der Waals surface area contributed by atoms with Gasteiger partial charge in [-0.05, 0) is 25.3 Å². The SMILES string of the molecule is CCc1cc([C@@H](C)Nc2nccc(N3C(=O)OCC3C(C)C)n2)on1. The van der Waals surface area contributed by atoms with Crippen LogP contribution < -0.4 is 10.2 Å². The molecule has 1 amide bonds. The Hall–Kier alpha value is -2.64. The lowest BCUT2D eigenvalue weighted by Crippen LogP contribution is -2.37. The van der Waals surface area contributed by atoms with E-state index in [1.165, 1.54) is 0 Å². The number of aromatic nitrogens is 3. The predicted molar refractivity (Wildman–Crippen MR) is 92.4 cm³/mol. The number of rotatable bonds is 6. The third-order valence-electron chi connectivity index (χ3n) is 4.27. The first kappa shape index (κ1) is 17.2. The maximum Gasteiger partial charge on any atom is 0.415 e. The molecular weight excluding hydrogens is 322 g/mol. The highest BCUT2D eigenvalue weighted by atomic mass is 16.6. The summed E-state index contributed by atoms with van der Waals surface area (Å²) in [5.74, 6) is 1.92. The number of amides is 1. The molecule has 0 spiro atoms. The second kappa shape index (κ2) is 7.08. The standard InChI is InChI=1S/C17H23N5O3/c1-5-12-8-14(25-21-12)11(4)19-16-18-7-6-15(20-16)22-13(10(2)3)9-24-17(22)23/h6-8,10-11,13H,5,9H2,1-4H3,(H,18,19,20)/t11-,13?/m1/s1. The van der Waals surface area contributed by atoms with Crippen molar-refractivity contribution >= 4 is 17.9 Å². The van der Waals surface area contributed by atoms with Crippen LogP contribution in [0.15, 0.2) is 22.9 Å². The highest BCUT2D eigenvalue weighted by molar-refractivity contribution is 5.89. The van der Waals surface area contributed by atoms with Crippen molar-refractivity contribution in [2.24, 2.45) is 5.92 Å². The lowest BCUT2D eigenvalue weighted by molar-refractivity contribution is 0.177. The second-order valence-electron chi connectivity index (χ2n) is 6.44. The normalized spacial score (nSPS) is 18.5.